The third-order valence-electron chi connectivity index (χ3n) is 3.56. The molecule has 0 atom stereocenters. The second kappa shape index (κ2) is 5.69. The van der Waals surface area contributed by atoms with E-state index in [0.717, 1.165) is 11.5 Å². The maximum absolute atomic E-state index is 12.9. The maximum atomic E-state index is 12.9. The first-order valence-corrected chi connectivity index (χ1v) is 7.34. The molecule has 0 saturated carbocycles. The van der Waals surface area contributed by atoms with Gasteiger partial charge in [0.15, 0.2) is 11.3 Å². The summed E-state index contributed by atoms with van der Waals surface area (Å²) < 4.78 is 41.1. The van der Waals surface area contributed by atoms with Gasteiger partial charge in [-0.1, -0.05) is 6.07 Å². The molecule has 4 heterocycles. The van der Waals surface area contributed by atoms with Crippen molar-refractivity contribution in [2.45, 2.75) is 12.6 Å². The molecule has 0 bridgehead atoms. The maximum Gasteiger partial charge on any atom is 0.453 e. The lowest BCUT2D eigenvalue weighted by molar-refractivity contribution is -0.146. The van der Waals surface area contributed by atoms with Crippen molar-refractivity contribution < 1.29 is 13.2 Å². The van der Waals surface area contributed by atoms with Crippen LogP contribution in [0.5, 0.6) is 0 Å². The highest BCUT2D eigenvalue weighted by Gasteiger charge is 2.37. The van der Waals surface area contributed by atoms with Crippen LogP contribution in [0.3, 0.4) is 0 Å². The Morgan fingerprint density at radius 1 is 0.960 bits per heavy atom. The summed E-state index contributed by atoms with van der Waals surface area (Å²) in [5, 5.41) is 21.6. The molecular formula is C14H11F3N8. The lowest BCUT2D eigenvalue weighted by Gasteiger charge is -2.07. The fourth-order valence-corrected chi connectivity index (χ4v) is 2.42. The topological polar surface area (TPSA) is 85.3 Å². The molecule has 0 amide bonds. The fourth-order valence-electron chi connectivity index (χ4n) is 2.42. The van der Waals surface area contributed by atoms with E-state index in [4.69, 9.17) is 0 Å². The number of hydrogen-bond acceptors (Lipinski definition) is 6. The largest absolute Gasteiger partial charge is 0.453 e. The van der Waals surface area contributed by atoms with Crippen LogP contribution in [0.15, 0.2) is 36.5 Å². The highest BCUT2D eigenvalue weighted by molar-refractivity contribution is 5.44. The summed E-state index contributed by atoms with van der Waals surface area (Å²) in [5.41, 5.74) is 0.762. The summed E-state index contributed by atoms with van der Waals surface area (Å²) in [4.78, 5) is 0. The van der Waals surface area contributed by atoms with Crippen molar-refractivity contribution in [2.24, 2.45) is 0 Å². The van der Waals surface area contributed by atoms with Crippen molar-refractivity contribution in [3.05, 3.63) is 48.2 Å². The Morgan fingerprint density at radius 2 is 1.80 bits per heavy atom. The van der Waals surface area contributed by atoms with E-state index in [-0.39, 0.29) is 11.5 Å². The lowest BCUT2D eigenvalue weighted by Crippen LogP contribution is -2.14. The van der Waals surface area contributed by atoms with Crippen molar-refractivity contribution in [2.75, 3.05) is 11.9 Å². The molecule has 0 unspecified atom stereocenters. The third-order valence-corrected chi connectivity index (χ3v) is 3.56. The van der Waals surface area contributed by atoms with E-state index in [1.165, 1.54) is 6.07 Å². The van der Waals surface area contributed by atoms with Crippen molar-refractivity contribution in [3.63, 3.8) is 0 Å². The third kappa shape index (κ3) is 2.84. The number of nitrogens with one attached hydrogen (secondary N) is 1. The first kappa shape index (κ1) is 15.3. The van der Waals surface area contributed by atoms with Gasteiger partial charge >= 0.3 is 6.18 Å². The minimum absolute atomic E-state index is 0.0290. The van der Waals surface area contributed by atoms with E-state index in [0.29, 0.717) is 17.5 Å². The summed E-state index contributed by atoms with van der Waals surface area (Å²) in [6, 6.07) is 8.54. The minimum atomic E-state index is -4.62. The van der Waals surface area contributed by atoms with Gasteiger partial charge in [-0.2, -0.15) is 17.7 Å². The molecule has 1 N–H and O–H groups in total. The first-order valence-electron chi connectivity index (χ1n) is 7.34. The molecule has 25 heavy (non-hydrogen) atoms. The fraction of sp³-hybridized carbons (Fsp3) is 0.214. The Labute approximate surface area is 138 Å². The Morgan fingerprint density at radius 3 is 2.64 bits per heavy atom. The smallest absolute Gasteiger partial charge is 0.368 e. The van der Waals surface area contributed by atoms with Crippen LogP contribution in [0, 0.1) is 0 Å². The number of aromatic nitrogens is 7. The Hall–Kier alpha value is -3.24. The van der Waals surface area contributed by atoms with Crippen molar-refractivity contribution >= 4 is 17.1 Å². The summed E-state index contributed by atoms with van der Waals surface area (Å²) in [6.07, 6.45) is -2.24. The average molecular weight is 348 g/mol. The number of halogens is 3. The van der Waals surface area contributed by atoms with E-state index in [2.05, 4.69) is 30.8 Å². The lowest BCUT2D eigenvalue weighted by atomic mass is 10.4. The second-order valence-electron chi connectivity index (χ2n) is 5.23. The zero-order valence-corrected chi connectivity index (χ0v) is 12.6. The molecular weight excluding hydrogens is 337 g/mol. The molecule has 0 aliphatic rings. The van der Waals surface area contributed by atoms with Gasteiger partial charge < -0.3 is 5.32 Å². The Bertz CT molecular complexity index is 1040. The van der Waals surface area contributed by atoms with E-state index in [1.807, 2.05) is 28.8 Å². The average Bonchev–Trinajstić information content (AvgIpc) is 3.18. The van der Waals surface area contributed by atoms with E-state index in [1.54, 1.807) is 6.07 Å². The van der Waals surface area contributed by atoms with Gasteiger partial charge in [0.05, 0.1) is 0 Å². The van der Waals surface area contributed by atoms with Gasteiger partial charge in [0.1, 0.15) is 11.6 Å². The molecule has 4 rings (SSSR count). The molecule has 0 aliphatic heterocycles. The summed E-state index contributed by atoms with van der Waals surface area (Å²) in [5.74, 6) is -0.134. The molecule has 0 aromatic carbocycles. The van der Waals surface area contributed by atoms with Crippen LogP contribution >= 0.6 is 0 Å². The molecule has 4 aromatic rings. The molecule has 0 fully saturated rings. The number of nitrogens with zero attached hydrogens (tertiary/aromatic N) is 7. The summed E-state index contributed by atoms with van der Waals surface area (Å²) >= 11 is 0. The second-order valence-corrected chi connectivity index (χ2v) is 5.23. The standard InChI is InChI=1S/C14H11F3N8/c15-14(16,17)13-22-21-12-5-4-9(23-25(12)13)18-7-6-11-20-19-10-3-1-2-8-24(10)11/h1-5,8H,6-7H2,(H,18,23). The summed E-state index contributed by atoms with van der Waals surface area (Å²) in [7, 11) is 0. The zero-order valence-electron chi connectivity index (χ0n) is 12.6. The molecule has 128 valence electrons. The first-order chi connectivity index (χ1) is 12.0. The van der Waals surface area contributed by atoms with Crippen LogP contribution in [0.2, 0.25) is 0 Å². The van der Waals surface area contributed by atoms with E-state index < -0.39 is 12.0 Å². The quantitative estimate of drug-likeness (QED) is 0.606. The van der Waals surface area contributed by atoms with Gasteiger partial charge in [-0.25, -0.2) is 0 Å². The number of rotatable bonds is 4. The van der Waals surface area contributed by atoms with Gasteiger partial charge in [-0.15, -0.1) is 25.5 Å². The monoisotopic (exact) mass is 348 g/mol. The number of pyridine rings is 1. The minimum Gasteiger partial charge on any atom is -0.368 e. The van der Waals surface area contributed by atoms with Gasteiger partial charge in [0, 0.05) is 19.2 Å². The summed E-state index contributed by atoms with van der Waals surface area (Å²) in [6.45, 7) is 0.428. The highest BCUT2D eigenvalue weighted by Crippen LogP contribution is 2.27. The van der Waals surface area contributed by atoms with Crippen LogP contribution in [-0.4, -0.2) is 41.0 Å². The van der Waals surface area contributed by atoms with E-state index in [9.17, 15) is 13.2 Å². The van der Waals surface area contributed by atoms with Crippen LogP contribution < -0.4 is 5.32 Å². The van der Waals surface area contributed by atoms with Gasteiger partial charge in [0.25, 0.3) is 5.82 Å². The predicted molar refractivity (Wildman–Crippen MR) is 81.0 cm³/mol. The molecule has 0 radical (unpaired) electrons. The number of alkyl halides is 3. The van der Waals surface area contributed by atoms with E-state index >= 15 is 0 Å². The number of anilines is 1. The molecule has 0 aliphatic carbocycles. The Balaban J connectivity index is 1.51. The van der Waals surface area contributed by atoms with Crippen molar-refractivity contribution in [3.8, 4) is 0 Å². The molecule has 0 saturated heterocycles. The van der Waals surface area contributed by atoms with Crippen molar-refractivity contribution in [1.29, 1.82) is 0 Å². The molecule has 0 spiro atoms. The van der Waals surface area contributed by atoms with Crippen LogP contribution in [0.1, 0.15) is 11.6 Å². The van der Waals surface area contributed by atoms with Crippen LogP contribution in [-0.2, 0) is 12.6 Å². The van der Waals surface area contributed by atoms with Crippen LogP contribution in [0.4, 0.5) is 19.0 Å². The normalized spacial score (nSPS) is 12.1. The SMILES string of the molecule is FC(F)(F)c1nnc2ccc(NCCc3nnc4ccccn34)nn12. The number of fused-ring (bicyclic) bond motifs is 2. The molecule has 11 heteroatoms. The molecule has 4 aromatic heterocycles. The van der Waals surface area contributed by atoms with Gasteiger partial charge in [0.2, 0.25) is 0 Å². The predicted octanol–water partition coefficient (Wildman–Crippen LogP) is 1.84. The van der Waals surface area contributed by atoms with Gasteiger partial charge in [-0.05, 0) is 24.3 Å². The zero-order chi connectivity index (χ0) is 17.4. The van der Waals surface area contributed by atoms with Crippen LogP contribution in [0.25, 0.3) is 11.3 Å². The van der Waals surface area contributed by atoms with Gasteiger partial charge in [-0.3, -0.25) is 4.40 Å². The Kier molecular flexibility index (Phi) is 3.48. The number of hydrogen-bond donors (Lipinski definition) is 1. The highest BCUT2D eigenvalue weighted by atomic mass is 19.4. The van der Waals surface area contributed by atoms with Crippen molar-refractivity contribution in [1.82, 2.24) is 34.4 Å². The molecule has 8 nitrogen and oxygen atoms in total.